The van der Waals surface area contributed by atoms with Gasteiger partial charge in [-0.2, -0.15) is 0 Å². The Hall–Kier alpha value is -2.15. The predicted molar refractivity (Wildman–Crippen MR) is 104 cm³/mol. The standard InChI is InChI=1S/C18H22BrN5O/c1-13-10-14(19)4-5-15(13)23-18(25)6-7-20-16-11-17(22-12-21-16)24-8-2-3-9-24/h4-5,10-12H,2-3,6-9H2,1H3,(H,23,25)(H,20,21,22). The van der Waals surface area contributed by atoms with Gasteiger partial charge < -0.3 is 15.5 Å². The normalized spacial score (nSPS) is 13.8. The Labute approximate surface area is 156 Å². The molecule has 1 aromatic carbocycles. The Balaban J connectivity index is 1.49. The van der Waals surface area contributed by atoms with Crippen molar-refractivity contribution in [3.8, 4) is 0 Å². The van der Waals surface area contributed by atoms with E-state index in [-0.39, 0.29) is 5.91 Å². The molecule has 0 unspecified atom stereocenters. The average molecular weight is 404 g/mol. The van der Waals surface area contributed by atoms with Gasteiger partial charge in [-0.15, -0.1) is 0 Å². The van der Waals surface area contributed by atoms with Gasteiger partial charge in [0.15, 0.2) is 0 Å². The van der Waals surface area contributed by atoms with Crippen molar-refractivity contribution in [2.45, 2.75) is 26.2 Å². The van der Waals surface area contributed by atoms with E-state index in [1.807, 2.05) is 31.2 Å². The van der Waals surface area contributed by atoms with E-state index >= 15 is 0 Å². The number of carbonyl (C=O) groups excluding carboxylic acids is 1. The van der Waals surface area contributed by atoms with E-state index in [0.29, 0.717) is 13.0 Å². The van der Waals surface area contributed by atoms with Gasteiger partial charge in [0, 0.05) is 42.3 Å². The number of aromatic nitrogens is 2. The fourth-order valence-corrected chi connectivity index (χ4v) is 3.32. The van der Waals surface area contributed by atoms with E-state index in [4.69, 9.17) is 0 Å². The molecule has 0 aliphatic carbocycles. The molecule has 1 amide bonds. The molecule has 0 radical (unpaired) electrons. The molecule has 0 saturated carbocycles. The third-order valence-electron chi connectivity index (χ3n) is 4.20. The second-order valence-corrected chi connectivity index (χ2v) is 7.06. The number of aryl methyl sites for hydroxylation is 1. The highest BCUT2D eigenvalue weighted by atomic mass is 79.9. The number of anilines is 3. The summed E-state index contributed by atoms with van der Waals surface area (Å²) in [6, 6.07) is 7.75. The van der Waals surface area contributed by atoms with Crippen LogP contribution in [0.4, 0.5) is 17.3 Å². The summed E-state index contributed by atoms with van der Waals surface area (Å²) in [5, 5.41) is 6.14. The van der Waals surface area contributed by atoms with Crippen LogP contribution in [0, 0.1) is 6.92 Å². The highest BCUT2D eigenvalue weighted by Crippen LogP contribution is 2.21. The van der Waals surface area contributed by atoms with Gasteiger partial charge in [-0.1, -0.05) is 15.9 Å². The van der Waals surface area contributed by atoms with Crippen LogP contribution in [-0.4, -0.2) is 35.5 Å². The molecule has 132 valence electrons. The summed E-state index contributed by atoms with van der Waals surface area (Å²) in [7, 11) is 0. The summed E-state index contributed by atoms with van der Waals surface area (Å²) in [5.41, 5.74) is 1.87. The quantitative estimate of drug-likeness (QED) is 0.770. The van der Waals surface area contributed by atoms with Crippen molar-refractivity contribution in [3.05, 3.63) is 40.6 Å². The summed E-state index contributed by atoms with van der Waals surface area (Å²) >= 11 is 3.42. The first-order valence-electron chi connectivity index (χ1n) is 8.49. The van der Waals surface area contributed by atoms with Gasteiger partial charge >= 0.3 is 0 Å². The molecule has 2 aromatic rings. The van der Waals surface area contributed by atoms with E-state index in [9.17, 15) is 4.79 Å². The zero-order valence-electron chi connectivity index (χ0n) is 14.3. The summed E-state index contributed by atoms with van der Waals surface area (Å²) in [5.74, 6) is 1.68. The van der Waals surface area contributed by atoms with Gasteiger partial charge in [-0.25, -0.2) is 9.97 Å². The van der Waals surface area contributed by atoms with Crippen molar-refractivity contribution in [1.82, 2.24) is 9.97 Å². The maximum Gasteiger partial charge on any atom is 0.226 e. The number of rotatable bonds is 6. The van der Waals surface area contributed by atoms with Crippen molar-refractivity contribution in [3.63, 3.8) is 0 Å². The lowest BCUT2D eigenvalue weighted by Gasteiger charge is -2.16. The summed E-state index contributed by atoms with van der Waals surface area (Å²) in [6.45, 7) is 4.59. The molecule has 1 aromatic heterocycles. The lowest BCUT2D eigenvalue weighted by molar-refractivity contribution is -0.115. The van der Waals surface area contributed by atoms with E-state index in [1.54, 1.807) is 6.33 Å². The number of hydrogen-bond donors (Lipinski definition) is 2. The molecular formula is C18H22BrN5O. The van der Waals surface area contributed by atoms with Gasteiger partial charge in [0.25, 0.3) is 0 Å². The van der Waals surface area contributed by atoms with Gasteiger partial charge in [-0.3, -0.25) is 4.79 Å². The molecule has 0 bridgehead atoms. The molecule has 1 fully saturated rings. The van der Waals surface area contributed by atoms with Crippen LogP contribution < -0.4 is 15.5 Å². The van der Waals surface area contributed by atoms with Crippen molar-refractivity contribution in [1.29, 1.82) is 0 Å². The van der Waals surface area contributed by atoms with Crippen LogP contribution in [0.1, 0.15) is 24.8 Å². The molecule has 1 aliphatic rings. The molecule has 1 aliphatic heterocycles. The molecule has 1 saturated heterocycles. The number of amides is 1. The fraction of sp³-hybridized carbons (Fsp3) is 0.389. The third kappa shape index (κ3) is 4.92. The van der Waals surface area contributed by atoms with E-state index in [1.165, 1.54) is 12.8 Å². The highest BCUT2D eigenvalue weighted by Gasteiger charge is 2.14. The van der Waals surface area contributed by atoms with Crippen molar-refractivity contribution >= 4 is 39.2 Å². The van der Waals surface area contributed by atoms with Crippen LogP contribution in [-0.2, 0) is 4.79 Å². The number of carbonyl (C=O) groups is 1. The molecule has 3 rings (SSSR count). The smallest absolute Gasteiger partial charge is 0.226 e. The van der Waals surface area contributed by atoms with Crippen molar-refractivity contribution in [2.24, 2.45) is 0 Å². The molecule has 25 heavy (non-hydrogen) atoms. The number of nitrogens with zero attached hydrogens (tertiary/aromatic N) is 3. The Bertz CT molecular complexity index is 746. The van der Waals surface area contributed by atoms with Crippen LogP contribution in [0.3, 0.4) is 0 Å². The Morgan fingerprint density at radius 2 is 2.04 bits per heavy atom. The number of hydrogen-bond acceptors (Lipinski definition) is 5. The summed E-state index contributed by atoms with van der Waals surface area (Å²) in [6.07, 6.45) is 4.37. The maximum atomic E-state index is 12.1. The minimum absolute atomic E-state index is 0.0215. The van der Waals surface area contributed by atoms with Crippen molar-refractivity contribution < 1.29 is 4.79 Å². The van der Waals surface area contributed by atoms with Crippen LogP contribution in [0.5, 0.6) is 0 Å². The first-order valence-corrected chi connectivity index (χ1v) is 9.28. The Kier molecular flexibility index (Phi) is 5.86. The van der Waals surface area contributed by atoms with Crippen LogP contribution in [0.15, 0.2) is 35.1 Å². The second kappa shape index (κ2) is 8.29. The minimum Gasteiger partial charge on any atom is -0.369 e. The van der Waals surface area contributed by atoms with Gasteiger partial charge in [0.1, 0.15) is 18.0 Å². The topological polar surface area (TPSA) is 70.2 Å². The van der Waals surface area contributed by atoms with E-state index in [2.05, 4.69) is 41.4 Å². The van der Waals surface area contributed by atoms with Crippen LogP contribution >= 0.6 is 15.9 Å². The first-order chi connectivity index (χ1) is 12.1. The van der Waals surface area contributed by atoms with Crippen LogP contribution in [0.25, 0.3) is 0 Å². The lowest BCUT2D eigenvalue weighted by Crippen LogP contribution is -2.20. The molecular weight excluding hydrogens is 382 g/mol. The zero-order valence-corrected chi connectivity index (χ0v) is 15.8. The molecule has 7 heteroatoms. The highest BCUT2D eigenvalue weighted by molar-refractivity contribution is 9.10. The van der Waals surface area contributed by atoms with Gasteiger partial charge in [-0.05, 0) is 43.5 Å². The predicted octanol–water partition coefficient (Wildman–Crippen LogP) is 3.59. The average Bonchev–Trinajstić information content (AvgIpc) is 3.12. The zero-order chi connectivity index (χ0) is 17.6. The second-order valence-electron chi connectivity index (χ2n) is 6.14. The maximum absolute atomic E-state index is 12.1. The lowest BCUT2D eigenvalue weighted by atomic mass is 10.2. The Morgan fingerprint density at radius 1 is 1.24 bits per heavy atom. The third-order valence-corrected chi connectivity index (χ3v) is 4.70. The molecule has 2 N–H and O–H groups in total. The number of benzene rings is 1. The van der Waals surface area contributed by atoms with Crippen LogP contribution in [0.2, 0.25) is 0 Å². The van der Waals surface area contributed by atoms with Crippen molar-refractivity contribution in [2.75, 3.05) is 35.2 Å². The monoisotopic (exact) mass is 403 g/mol. The van der Waals surface area contributed by atoms with E-state index in [0.717, 1.165) is 40.4 Å². The number of nitrogens with one attached hydrogen (secondary N) is 2. The Morgan fingerprint density at radius 3 is 2.80 bits per heavy atom. The molecule has 0 spiro atoms. The minimum atomic E-state index is -0.0215. The number of halogens is 1. The SMILES string of the molecule is Cc1cc(Br)ccc1NC(=O)CCNc1cc(N2CCCC2)ncn1. The largest absolute Gasteiger partial charge is 0.369 e. The molecule has 2 heterocycles. The summed E-state index contributed by atoms with van der Waals surface area (Å²) in [4.78, 5) is 22.9. The fourth-order valence-electron chi connectivity index (χ4n) is 2.85. The first kappa shape index (κ1) is 17.7. The van der Waals surface area contributed by atoms with E-state index < -0.39 is 0 Å². The summed E-state index contributed by atoms with van der Waals surface area (Å²) < 4.78 is 1.00. The molecule has 6 nitrogen and oxygen atoms in total. The van der Waals surface area contributed by atoms with Gasteiger partial charge in [0.05, 0.1) is 0 Å². The molecule has 0 atom stereocenters. The van der Waals surface area contributed by atoms with Gasteiger partial charge in [0.2, 0.25) is 5.91 Å².